The van der Waals surface area contributed by atoms with Crippen LogP contribution in [0.2, 0.25) is 0 Å². The zero-order valence-electron chi connectivity index (χ0n) is 9.01. The maximum absolute atomic E-state index is 13.7. The number of rotatable bonds is 2. The molecular weight excluding hydrogens is 221 g/mol. The van der Waals surface area contributed by atoms with Gasteiger partial charge >= 0.3 is 0 Å². The quantitative estimate of drug-likeness (QED) is 0.740. The van der Waals surface area contributed by atoms with Crippen molar-refractivity contribution in [1.82, 2.24) is 14.8 Å². The number of hydrogen-bond donors (Lipinski definition) is 0. The van der Waals surface area contributed by atoms with E-state index in [2.05, 4.69) is 10.1 Å². The molecule has 2 heterocycles. The van der Waals surface area contributed by atoms with Gasteiger partial charge < -0.3 is 0 Å². The summed E-state index contributed by atoms with van der Waals surface area (Å²) in [4.78, 5) is 14.7. The van der Waals surface area contributed by atoms with Crippen LogP contribution in [0.1, 0.15) is 34.5 Å². The molecule has 2 aromatic rings. The number of aldehydes is 1. The van der Waals surface area contributed by atoms with Crippen molar-refractivity contribution in [2.45, 2.75) is 18.9 Å². The highest BCUT2D eigenvalue weighted by Gasteiger charge is 2.28. The second-order valence-corrected chi connectivity index (χ2v) is 4.02. The zero-order valence-corrected chi connectivity index (χ0v) is 9.01. The minimum Gasteiger partial charge on any atom is -0.294 e. The highest BCUT2D eigenvalue weighted by atomic mass is 19.1. The Morgan fingerprint density at radius 1 is 1.41 bits per heavy atom. The number of nitrogens with zero attached hydrogens (tertiary/aromatic N) is 3. The number of aryl methyl sites for hydroxylation is 1. The average Bonchev–Trinajstić information content (AvgIpc) is 2.89. The molecule has 0 N–H and O–H groups in total. The van der Waals surface area contributed by atoms with Gasteiger partial charge in [-0.25, -0.2) is 14.1 Å². The maximum atomic E-state index is 13.7. The van der Waals surface area contributed by atoms with Crippen molar-refractivity contribution in [2.75, 3.05) is 0 Å². The second-order valence-electron chi connectivity index (χ2n) is 4.02. The molecule has 1 atom stereocenters. The molecular formula is C12H10FN3O. The van der Waals surface area contributed by atoms with Crippen LogP contribution in [-0.2, 0) is 6.42 Å². The predicted octanol–water partition coefficient (Wildman–Crippen LogP) is 1.77. The lowest BCUT2D eigenvalue weighted by Gasteiger charge is -2.12. The molecule has 4 nitrogen and oxygen atoms in total. The Balaban J connectivity index is 2.06. The van der Waals surface area contributed by atoms with Gasteiger partial charge in [0.2, 0.25) is 5.82 Å². The molecule has 1 aliphatic heterocycles. The topological polar surface area (TPSA) is 47.8 Å². The third-order valence-electron chi connectivity index (χ3n) is 3.02. The van der Waals surface area contributed by atoms with Crippen LogP contribution in [0.5, 0.6) is 0 Å². The van der Waals surface area contributed by atoms with E-state index in [0.29, 0.717) is 11.8 Å². The van der Waals surface area contributed by atoms with E-state index in [0.717, 1.165) is 18.7 Å². The van der Waals surface area contributed by atoms with Crippen molar-refractivity contribution in [3.63, 3.8) is 0 Å². The average molecular weight is 231 g/mol. The molecule has 86 valence electrons. The van der Waals surface area contributed by atoms with Crippen molar-refractivity contribution < 1.29 is 9.18 Å². The molecule has 0 saturated heterocycles. The molecule has 3 rings (SSSR count). The van der Waals surface area contributed by atoms with Gasteiger partial charge in [-0.1, -0.05) is 18.2 Å². The standard InChI is InChI=1S/C12H10FN3O/c13-9-4-2-1-3-8(9)10-5-6-12-14-11(7-17)15-16(10)12/h1-4,7,10H,5-6H2. The van der Waals surface area contributed by atoms with Crippen LogP contribution in [0.15, 0.2) is 24.3 Å². The van der Waals surface area contributed by atoms with Crippen LogP contribution in [0, 0.1) is 5.82 Å². The summed E-state index contributed by atoms with van der Waals surface area (Å²) in [7, 11) is 0. The highest BCUT2D eigenvalue weighted by Crippen LogP contribution is 2.31. The lowest BCUT2D eigenvalue weighted by Crippen LogP contribution is -2.09. The summed E-state index contributed by atoms with van der Waals surface area (Å²) in [6.45, 7) is 0. The molecule has 1 aromatic carbocycles. The fourth-order valence-electron chi connectivity index (χ4n) is 2.26. The van der Waals surface area contributed by atoms with Crippen LogP contribution < -0.4 is 0 Å². The third kappa shape index (κ3) is 1.54. The number of carbonyl (C=O) groups is 1. The van der Waals surface area contributed by atoms with Gasteiger partial charge in [-0.2, -0.15) is 0 Å². The Morgan fingerprint density at radius 2 is 2.24 bits per heavy atom. The van der Waals surface area contributed by atoms with Crippen LogP contribution >= 0.6 is 0 Å². The summed E-state index contributed by atoms with van der Waals surface area (Å²) in [6.07, 6.45) is 2.11. The number of benzene rings is 1. The summed E-state index contributed by atoms with van der Waals surface area (Å²) >= 11 is 0. The molecule has 0 fully saturated rings. The molecule has 0 spiro atoms. The Morgan fingerprint density at radius 3 is 3.00 bits per heavy atom. The molecule has 0 radical (unpaired) electrons. The van der Waals surface area contributed by atoms with Crippen molar-refractivity contribution in [3.05, 3.63) is 47.3 Å². The number of aromatic nitrogens is 3. The number of carbonyl (C=O) groups excluding carboxylic acids is 1. The van der Waals surface area contributed by atoms with E-state index in [4.69, 9.17) is 0 Å². The summed E-state index contributed by atoms with van der Waals surface area (Å²) in [6, 6.07) is 6.50. The Bertz CT molecular complexity index is 579. The van der Waals surface area contributed by atoms with Crippen LogP contribution in [-0.4, -0.2) is 21.1 Å². The van der Waals surface area contributed by atoms with Crippen LogP contribution in [0.25, 0.3) is 0 Å². The van der Waals surface area contributed by atoms with Gasteiger partial charge in [0, 0.05) is 12.0 Å². The number of fused-ring (bicyclic) bond motifs is 1. The second kappa shape index (κ2) is 3.76. The van der Waals surface area contributed by atoms with Gasteiger partial charge in [-0.15, -0.1) is 5.10 Å². The summed E-state index contributed by atoms with van der Waals surface area (Å²) < 4.78 is 15.3. The molecule has 0 bridgehead atoms. The van der Waals surface area contributed by atoms with Gasteiger partial charge in [0.25, 0.3) is 0 Å². The monoisotopic (exact) mass is 231 g/mol. The first kappa shape index (κ1) is 10.1. The fraction of sp³-hybridized carbons (Fsp3) is 0.250. The first-order chi connectivity index (χ1) is 8.29. The third-order valence-corrected chi connectivity index (χ3v) is 3.02. The lowest BCUT2D eigenvalue weighted by molar-refractivity contribution is 0.111. The smallest absolute Gasteiger partial charge is 0.214 e. The molecule has 17 heavy (non-hydrogen) atoms. The largest absolute Gasteiger partial charge is 0.294 e. The van der Waals surface area contributed by atoms with E-state index in [-0.39, 0.29) is 17.7 Å². The van der Waals surface area contributed by atoms with E-state index in [1.165, 1.54) is 6.07 Å². The molecule has 1 aromatic heterocycles. The van der Waals surface area contributed by atoms with Gasteiger partial charge in [-0.3, -0.25) is 4.79 Å². The molecule has 0 saturated carbocycles. The number of hydrogen-bond acceptors (Lipinski definition) is 3. The molecule has 5 heteroatoms. The normalized spacial score (nSPS) is 18.1. The van der Waals surface area contributed by atoms with Gasteiger partial charge in [0.05, 0.1) is 6.04 Å². The fourth-order valence-corrected chi connectivity index (χ4v) is 2.26. The minimum atomic E-state index is -0.242. The van der Waals surface area contributed by atoms with Crippen LogP contribution in [0.3, 0.4) is 0 Å². The predicted molar refractivity (Wildman–Crippen MR) is 58.3 cm³/mol. The number of halogens is 1. The van der Waals surface area contributed by atoms with E-state index in [1.807, 2.05) is 0 Å². The molecule has 0 amide bonds. The minimum absolute atomic E-state index is 0.146. The molecule has 0 aliphatic carbocycles. The first-order valence-corrected chi connectivity index (χ1v) is 5.44. The van der Waals surface area contributed by atoms with E-state index in [9.17, 15) is 9.18 Å². The Labute approximate surface area is 97.1 Å². The van der Waals surface area contributed by atoms with E-state index >= 15 is 0 Å². The van der Waals surface area contributed by atoms with Crippen molar-refractivity contribution in [2.24, 2.45) is 0 Å². The summed E-state index contributed by atoms with van der Waals surface area (Å²) in [5, 5.41) is 4.08. The van der Waals surface area contributed by atoms with Gasteiger partial charge in [-0.05, 0) is 12.5 Å². The van der Waals surface area contributed by atoms with Gasteiger partial charge in [0.1, 0.15) is 11.6 Å². The first-order valence-electron chi connectivity index (χ1n) is 5.44. The van der Waals surface area contributed by atoms with E-state index < -0.39 is 0 Å². The Hall–Kier alpha value is -2.04. The Kier molecular flexibility index (Phi) is 2.24. The summed E-state index contributed by atoms with van der Waals surface area (Å²) in [5.74, 6) is 0.676. The van der Waals surface area contributed by atoms with E-state index in [1.54, 1.807) is 22.9 Å². The SMILES string of the molecule is O=Cc1nc2n(n1)C(c1ccccc1F)CC2. The molecule has 1 aliphatic rings. The van der Waals surface area contributed by atoms with Crippen LogP contribution in [0.4, 0.5) is 4.39 Å². The van der Waals surface area contributed by atoms with Crippen molar-refractivity contribution in [1.29, 1.82) is 0 Å². The highest BCUT2D eigenvalue weighted by molar-refractivity contribution is 5.68. The summed E-state index contributed by atoms with van der Waals surface area (Å²) in [5.41, 5.74) is 0.605. The van der Waals surface area contributed by atoms with Gasteiger partial charge in [0.15, 0.2) is 6.29 Å². The van der Waals surface area contributed by atoms with Crippen molar-refractivity contribution in [3.8, 4) is 0 Å². The molecule has 1 unspecified atom stereocenters. The maximum Gasteiger partial charge on any atom is 0.214 e. The zero-order chi connectivity index (χ0) is 11.8. The van der Waals surface area contributed by atoms with Crippen molar-refractivity contribution >= 4 is 6.29 Å². The lowest BCUT2D eigenvalue weighted by atomic mass is 10.0.